The summed E-state index contributed by atoms with van der Waals surface area (Å²) in [6.07, 6.45) is -4.25. The molecule has 14 heteroatoms. The minimum Gasteiger partial charge on any atom is -0.340 e. The van der Waals surface area contributed by atoms with Gasteiger partial charge in [-0.15, -0.1) is 0 Å². The standard InChI is InChI=1S/C24H21F6N5O3/c1-23(2,3)21(24(28,29)30)33-20(37)13-10-35(17-14(26)8-11(25)9-15(17)27)19-12(18(13)36)4-5-16(32-19)34-7-6-31-22(34)38/h4-5,8-10,21H,6-7H2,1-3H3,(H,31,38)(H,33,37). The smallest absolute Gasteiger partial charge is 0.340 e. The van der Waals surface area contributed by atoms with Crippen LogP contribution in [0.3, 0.4) is 0 Å². The molecule has 4 rings (SSSR count). The van der Waals surface area contributed by atoms with Crippen molar-refractivity contribution in [2.24, 2.45) is 5.41 Å². The molecule has 1 aliphatic heterocycles. The molecule has 0 radical (unpaired) electrons. The molecule has 1 aromatic carbocycles. The van der Waals surface area contributed by atoms with Gasteiger partial charge in [-0.3, -0.25) is 19.1 Å². The van der Waals surface area contributed by atoms with E-state index in [9.17, 15) is 40.7 Å². The molecule has 1 atom stereocenters. The third kappa shape index (κ3) is 4.89. The van der Waals surface area contributed by atoms with Crippen LogP contribution in [0.5, 0.6) is 0 Å². The molecule has 3 heterocycles. The number of aromatic nitrogens is 2. The Morgan fingerprint density at radius 1 is 1.08 bits per heavy atom. The number of carbonyl (C=O) groups excluding carboxylic acids is 2. The number of pyridine rings is 2. The number of hydrogen-bond acceptors (Lipinski definition) is 4. The maximum atomic E-state index is 14.8. The molecule has 0 aliphatic carbocycles. The number of rotatable bonds is 4. The average molecular weight is 541 g/mol. The van der Waals surface area contributed by atoms with E-state index in [-0.39, 0.29) is 24.3 Å². The van der Waals surface area contributed by atoms with Gasteiger partial charge < -0.3 is 10.6 Å². The van der Waals surface area contributed by atoms with Crippen molar-refractivity contribution in [3.8, 4) is 5.69 Å². The van der Waals surface area contributed by atoms with Crippen molar-refractivity contribution in [2.45, 2.75) is 33.0 Å². The predicted molar refractivity (Wildman–Crippen MR) is 125 cm³/mol. The topological polar surface area (TPSA) is 96.3 Å². The van der Waals surface area contributed by atoms with Crippen LogP contribution in [0, 0.1) is 22.9 Å². The Bertz CT molecular complexity index is 1480. The summed E-state index contributed by atoms with van der Waals surface area (Å²) in [7, 11) is 0. The van der Waals surface area contributed by atoms with E-state index in [2.05, 4.69) is 10.3 Å². The van der Waals surface area contributed by atoms with E-state index in [1.807, 2.05) is 0 Å². The largest absolute Gasteiger partial charge is 0.409 e. The molecule has 1 aliphatic rings. The lowest BCUT2D eigenvalue weighted by atomic mass is 9.86. The van der Waals surface area contributed by atoms with Crippen LogP contribution in [-0.2, 0) is 0 Å². The summed E-state index contributed by atoms with van der Waals surface area (Å²) in [6, 6.07) is 0.161. The van der Waals surface area contributed by atoms with Crippen molar-refractivity contribution >= 4 is 28.8 Å². The van der Waals surface area contributed by atoms with Crippen LogP contribution in [0.4, 0.5) is 37.0 Å². The molecular weight excluding hydrogens is 520 g/mol. The first kappa shape index (κ1) is 26.9. The predicted octanol–water partition coefficient (Wildman–Crippen LogP) is 4.04. The minimum atomic E-state index is -4.88. The maximum Gasteiger partial charge on any atom is 0.409 e. The van der Waals surface area contributed by atoms with Crippen LogP contribution < -0.4 is 21.0 Å². The summed E-state index contributed by atoms with van der Waals surface area (Å²) in [4.78, 5) is 43.7. The highest BCUT2D eigenvalue weighted by atomic mass is 19.4. The number of nitrogens with zero attached hydrogens (tertiary/aromatic N) is 3. The molecule has 1 fully saturated rings. The lowest BCUT2D eigenvalue weighted by molar-refractivity contribution is -0.174. The van der Waals surface area contributed by atoms with Crippen LogP contribution in [0.15, 0.2) is 35.3 Å². The number of benzene rings is 1. The molecule has 1 unspecified atom stereocenters. The zero-order valence-electron chi connectivity index (χ0n) is 20.2. The van der Waals surface area contributed by atoms with Crippen LogP contribution >= 0.6 is 0 Å². The normalized spacial score (nSPS) is 15.1. The second-order valence-corrected chi connectivity index (χ2v) is 9.70. The van der Waals surface area contributed by atoms with Crippen LogP contribution in [0.2, 0.25) is 0 Å². The highest BCUT2D eigenvalue weighted by Crippen LogP contribution is 2.33. The van der Waals surface area contributed by atoms with Crippen molar-refractivity contribution < 1.29 is 35.9 Å². The monoisotopic (exact) mass is 541 g/mol. The van der Waals surface area contributed by atoms with Crippen molar-refractivity contribution in [1.29, 1.82) is 0 Å². The SMILES string of the molecule is CC(C)(C)C(NC(=O)c1cn(-c2c(F)cc(F)cc2F)c2nc(N3CCNC3=O)ccc2c1=O)C(F)(F)F. The summed E-state index contributed by atoms with van der Waals surface area (Å²) >= 11 is 0. The van der Waals surface area contributed by atoms with Gasteiger partial charge in [0, 0.05) is 31.4 Å². The molecule has 1 saturated heterocycles. The third-order valence-electron chi connectivity index (χ3n) is 5.91. The van der Waals surface area contributed by atoms with E-state index in [0.717, 1.165) is 6.07 Å². The first-order valence-electron chi connectivity index (χ1n) is 11.2. The second-order valence-electron chi connectivity index (χ2n) is 9.70. The summed E-state index contributed by atoms with van der Waals surface area (Å²) < 4.78 is 84.9. The highest BCUT2D eigenvalue weighted by molar-refractivity contribution is 5.98. The van der Waals surface area contributed by atoms with E-state index < -0.39 is 69.3 Å². The molecule has 202 valence electrons. The summed E-state index contributed by atoms with van der Waals surface area (Å²) in [6.45, 7) is 4.15. The van der Waals surface area contributed by atoms with Crippen LogP contribution in [-0.4, -0.2) is 46.8 Å². The lowest BCUT2D eigenvalue weighted by Crippen LogP contribution is -2.53. The summed E-state index contributed by atoms with van der Waals surface area (Å²) in [5.41, 5.74) is -4.81. The number of urea groups is 1. The van der Waals surface area contributed by atoms with Gasteiger partial charge in [-0.1, -0.05) is 20.8 Å². The fourth-order valence-corrected chi connectivity index (χ4v) is 4.13. The fraction of sp³-hybridized carbons (Fsp3) is 0.333. The van der Waals surface area contributed by atoms with Crippen molar-refractivity contribution in [3.63, 3.8) is 0 Å². The van der Waals surface area contributed by atoms with Crippen molar-refractivity contribution in [2.75, 3.05) is 18.0 Å². The summed E-state index contributed by atoms with van der Waals surface area (Å²) in [5.74, 6) is -5.59. The quantitative estimate of drug-likeness (QED) is 0.488. The molecule has 0 bridgehead atoms. The molecule has 3 aromatic rings. The van der Waals surface area contributed by atoms with Crippen LogP contribution in [0.1, 0.15) is 31.1 Å². The number of alkyl halides is 3. The van der Waals surface area contributed by atoms with E-state index >= 15 is 0 Å². The minimum absolute atomic E-state index is 0.00866. The van der Waals surface area contributed by atoms with Crippen LogP contribution in [0.25, 0.3) is 16.7 Å². The Kier molecular flexibility index (Phi) is 6.62. The number of hydrogen-bond donors (Lipinski definition) is 2. The van der Waals surface area contributed by atoms with Gasteiger partial charge in [-0.2, -0.15) is 13.2 Å². The molecule has 8 nitrogen and oxygen atoms in total. The second kappa shape index (κ2) is 9.33. The lowest BCUT2D eigenvalue weighted by Gasteiger charge is -2.33. The number of halogens is 6. The molecule has 0 spiro atoms. The molecule has 3 amide bonds. The molecular formula is C24H21F6N5O3. The van der Waals surface area contributed by atoms with Gasteiger partial charge in [0.15, 0.2) is 17.3 Å². The van der Waals surface area contributed by atoms with Crippen molar-refractivity contribution in [1.82, 2.24) is 20.2 Å². The van der Waals surface area contributed by atoms with E-state index in [1.54, 1.807) is 5.32 Å². The molecule has 0 saturated carbocycles. The van der Waals surface area contributed by atoms with E-state index in [1.165, 1.54) is 31.7 Å². The van der Waals surface area contributed by atoms with Gasteiger partial charge in [0.1, 0.15) is 28.9 Å². The third-order valence-corrected chi connectivity index (χ3v) is 5.91. The van der Waals surface area contributed by atoms with E-state index in [0.29, 0.717) is 22.9 Å². The fourth-order valence-electron chi connectivity index (χ4n) is 4.13. The Morgan fingerprint density at radius 2 is 1.71 bits per heavy atom. The zero-order valence-corrected chi connectivity index (χ0v) is 20.2. The van der Waals surface area contributed by atoms with Gasteiger partial charge in [0.2, 0.25) is 5.43 Å². The number of fused-ring (bicyclic) bond motifs is 1. The van der Waals surface area contributed by atoms with Gasteiger partial charge in [-0.05, 0) is 17.5 Å². The Hall–Kier alpha value is -4.10. The zero-order chi connectivity index (χ0) is 28.2. The van der Waals surface area contributed by atoms with Gasteiger partial charge in [-0.25, -0.2) is 22.9 Å². The van der Waals surface area contributed by atoms with Crippen molar-refractivity contribution in [3.05, 3.63) is 63.7 Å². The number of anilines is 1. The van der Waals surface area contributed by atoms with Gasteiger partial charge in [0.05, 0.1) is 5.39 Å². The summed E-state index contributed by atoms with van der Waals surface area (Å²) in [5, 5.41) is 3.94. The Morgan fingerprint density at radius 3 is 2.24 bits per heavy atom. The molecule has 2 N–H and O–H groups in total. The van der Waals surface area contributed by atoms with Gasteiger partial charge in [0.25, 0.3) is 5.91 Å². The first-order valence-corrected chi connectivity index (χ1v) is 11.2. The number of carbonyl (C=O) groups is 2. The number of amides is 3. The average Bonchev–Trinajstić information content (AvgIpc) is 3.22. The first-order chi connectivity index (χ1) is 17.6. The molecule has 2 aromatic heterocycles. The maximum absolute atomic E-state index is 14.8. The Balaban J connectivity index is 1.97. The number of nitrogens with one attached hydrogen (secondary N) is 2. The van der Waals surface area contributed by atoms with E-state index in [4.69, 9.17) is 0 Å². The van der Waals surface area contributed by atoms with Gasteiger partial charge >= 0.3 is 12.2 Å². The Labute approximate surface area is 211 Å². The highest BCUT2D eigenvalue weighted by Gasteiger charge is 2.48. The molecule has 38 heavy (non-hydrogen) atoms.